The number of rotatable bonds is 1. The monoisotopic (exact) mass is 208 g/mol. The molecule has 0 heterocycles. The fourth-order valence-corrected chi connectivity index (χ4v) is 1.73. The summed E-state index contributed by atoms with van der Waals surface area (Å²) in [6.07, 6.45) is 0. The standard InChI is InChI=1S/C14H12N2/c1-10-4-2-3-5-13(10)11-6-7-12(9-15)14(16)8-11/h2-8H,16H2,1H3. The summed E-state index contributed by atoms with van der Waals surface area (Å²) < 4.78 is 0. The van der Waals surface area contributed by atoms with Crippen molar-refractivity contribution in [3.63, 3.8) is 0 Å². The number of anilines is 1. The molecule has 0 atom stereocenters. The average molecular weight is 208 g/mol. The summed E-state index contributed by atoms with van der Waals surface area (Å²) in [5.74, 6) is 0. The van der Waals surface area contributed by atoms with Crippen LogP contribution in [0.25, 0.3) is 11.1 Å². The molecule has 2 N–H and O–H groups in total. The number of nitrogen functional groups attached to an aromatic ring is 1. The second kappa shape index (κ2) is 4.08. The first-order chi connectivity index (χ1) is 7.72. The zero-order valence-corrected chi connectivity index (χ0v) is 9.07. The molecule has 0 saturated carbocycles. The van der Waals surface area contributed by atoms with Crippen LogP contribution < -0.4 is 5.73 Å². The van der Waals surface area contributed by atoms with Crippen LogP contribution in [-0.4, -0.2) is 0 Å². The lowest BCUT2D eigenvalue weighted by molar-refractivity contribution is 1.45. The smallest absolute Gasteiger partial charge is 0.101 e. The molecule has 16 heavy (non-hydrogen) atoms. The van der Waals surface area contributed by atoms with Crippen molar-refractivity contribution in [3.05, 3.63) is 53.6 Å². The summed E-state index contributed by atoms with van der Waals surface area (Å²) in [5.41, 5.74) is 10.3. The molecule has 2 aromatic carbocycles. The highest BCUT2D eigenvalue weighted by Crippen LogP contribution is 2.26. The summed E-state index contributed by atoms with van der Waals surface area (Å²) in [6, 6.07) is 15.7. The lowest BCUT2D eigenvalue weighted by atomic mass is 9.99. The van der Waals surface area contributed by atoms with Crippen molar-refractivity contribution in [2.75, 3.05) is 5.73 Å². The van der Waals surface area contributed by atoms with E-state index in [4.69, 9.17) is 11.0 Å². The number of aryl methyl sites for hydroxylation is 1. The Kier molecular flexibility index (Phi) is 2.61. The van der Waals surface area contributed by atoms with Gasteiger partial charge in [0.25, 0.3) is 0 Å². The van der Waals surface area contributed by atoms with E-state index in [9.17, 15) is 0 Å². The first kappa shape index (κ1) is 10.3. The van der Waals surface area contributed by atoms with Crippen molar-refractivity contribution in [1.29, 1.82) is 5.26 Å². The molecule has 0 saturated heterocycles. The summed E-state index contributed by atoms with van der Waals surface area (Å²) in [6.45, 7) is 2.06. The molecule has 2 rings (SSSR count). The van der Waals surface area contributed by atoms with Crippen molar-refractivity contribution >= 4 is 5.69 Å². The fourth-order valence-electron chi connectivity index (χ4n) is 1.73. The third-order valence-corrected chi connectivity index (χ3v) is 2.63. The van der Waals surface area contributed by atoms with Crippen molar-refractivity contribution in [2.45, 2.75) is 6.92 Å². The third kappa shape index (κ3) is 1.76. The summed E-state index contributed by atoms with van der Waals surface area (Å²) >= 11 is 0. The van der Waals surface area contributed by atoms with Crippen LogP contribution in [0.2, 0.25) is 0 Å². The molecule has 78 valence electrons. The van der Waals surface area contributed by atoms with Gasteiger partial charge in [0.15, 0.2) is 0 Å². The first-order valence-corrected chi connectivity index (χ1v) is 5.08. The van der Waals surface area contributed by atoms with E-state index in [1.165, 1.54) is 5.56 Å². The third-order valence-electron chi connectivity index (χ3n) is 2.63. The van der Waals surface area contributed by atoms with Crippen LogP contribution in [-0.2, 0) is 0 Å². The summed E-state index contributed by atoms with van der Waals surface area (Å²) in [5, 5.41) is 8.80. The van der Waals surface area contributed by atoms with Gasteiger partial charge in [-0.25, -0.2) is 0 Å². The Labute approximate surface area is 95.0 Å². The van der Waals surface area contributed by atoms with Gasteiger partial charge in [-0.2, -0.15) is 5.26 Å². The molecule has 0 unspecified atom stereocenters. The lowest BCUT2D eigenvalue weighted by Crippen LogP contribution is -1.91. The number of nitrogens with two attached hydrogens (primary N) is 1. The number of hydrogen-bond donors (Lipinski definition) is 1. The van der Waals surface area contributed by atoms with Crippen molar-refractivity contribution < 1.29 is 0 Å². The molecule has 0 bridgehead atoms. The SMILES string of the molecule is Cc1ccccc1-c1ccc(C#N)c(N)c1. The molecular weight excluding hydrogens is 196 g/mol. The maximum atomic E-state index is 8.80. The van der Waals surface area contributed by atoms with Gasteiger partial charge in [0, 0.05) is 0 Å². The highest BCUT2D eigenvalue weighted by Gasteiger charge is 2.03. The first-order valence-electron chi connectivity index (χ1n) is 5.08. The molecule has 2 heteroatoms. The highest BCUT2D eigenvalue weighted by atomic mass is 14.6. The topological polar surface area (TPSA) is 49.8 Å². The van der Waals surface area contributed by atoms with Crippen LogP contribution in [0.15, 0.2) is 42.5 Å². The number of nitriles is 1. The zero-order chi connectivity index (χ0) is 11.5. The molecule has 2 aromatic rings. The van der Waals surface area contributed by atoms with E-state index in [0.29, 0.717) is 11.3 Å². The zero-order valence-electron chi connectivity index (χ0n) is 9.07. The molecule has 2 nitrogen and oxygen atoms in total. The Bertz CT molecular complexity index is 565. The minimum absolute atomic E-state index is 0.525. The van der Waals surface area contributed by atoms with Crippen LogP contribution in [0.5, 0.6) is 0 Å². The Morgan fingerprint density at radius 2 is 1.88 bits per heavy atom. The minimum Gasteiger partial charge on any atom is -0.398 e. The fraction of sp³-hybridized carbons (Fsp3) is 0.0714. The molecule has 0 spiro atoms. The normalized spacial score (nSPS) is 9.75. The minimum atomic E-state index is 0.525. The van der Waals surface area contributed by atoms with E-state index in [-0.39, 0.29) is 0 Å². The van der Waals surface area contributed by atoms with E-state index in [1.807, 2.05) is 24.3 Å². The van der Waals surface area contributed by atoms with Crippen molar-refractivity contribution in [3.8, 4) is 17.2 Å². The van der Waals surface area contributed by atoms with Crippen LogP contribution in [0.3, 0.4) is 0 Å². The molecule has 0 aliphatic rings. The molecular formula is C14H12N2. The van der Waals surface area contributed by atoms with Gasteiger partial charge in [-0.15, -0.1) is 0 Å². The van der Waals surface area contributed by atoms with E-state index >= 15 is 0 Å². The van der Waals surface area contributed by atoms with Crippen molar-refractivity contribution in [2.24, 2.45) is 0 Å². The van der Waals surface area contributed by atoms with Gasteiger partial charge in [0.2, 0.25) is 0 Å². The molecule has 0 aliphatic carbocycles. The Balaban J connectivity index is 2.55. The van der Waals surface area contributed by atoms with Gasteiger partial charge in [-0.1, -0.05) is 30.3 Å². The average Bonchev–Trinajstić information content (AvgIpc) is 2.29. The van der Waals surface area contributed by atoms with Gasteiger partial charge in [0.05, 0.1) is 11.3 Å². The second-order valence-electron chi connectivity index (χ2n) is 3.73. The maximum Gasteiger partial charge on any atom is 0.101 e. The maximum absolute atomic E-state index is 8.80. The van der Waals surface area contributed by atoms with Gasteiger partial charge < -0.3 is 5.73 Å². The highest BCUT2D eigenvalue weighted by molar-refractivity contribution is 5.72. The molecule has 0 amide bonds. The Morgan fingerprint density at radius 3 is 2.50 bits per heavy atom. The molecule has 0 fully saturated rings. The van der Waals surface area contributed by atoms with Gasteiger partial charge in [-0.05, 0) is 35.7 Å². The largest absolute Gasteiger partial charge is 0.398 e. The van der Waals surface area contributed by atoms with E-state index < -0.39 is 0 Å². The molecule has 0 radical (unpaired) electrons. The predicted octanol–water partition coefficient (Wildman–Crippen LogP) is 3.12. The van der Waals surface area contributed by atoms with E-state index in [1.54, 1.807) is 6.07 Å². The summed E-state index contributed by atoms with van der Waals surface area (Å²) in [7, 11) is 0. The second-order valence-corrected chi connectivity index (χ2v) is 3.73. The van der Waals surface area contributed by atoms with Crippen LogP contribution in [0.1, 0.15) is 11.1 Å². The van der Waals surface area contributed by atoms with Gasteiger partial charge in [0.1, 0.15) is 6.07 Å². The Morgan fingerprint density at radius 1 is 1.12 bits per heavy atom. The molecule has 0 aromatic heterocycles. The Hall–Kier alpha value is -2.27. The van der Waals surface area contributed by atoms with E-state index in [2.05, 4.69) is 25.1 Å². The van der Waals surface area contributed by atoms with Crippen LogP contribution in [0.4, 0.5) is 5.69 Å². The van der Waals surface area contributed by atoms with Crippen LogP contribution >= 0.6 is 0 Å². The number of nitrogens with zero attached hydrogens (tertiary/aromatic N) is 1. The van der Waals surface area contributed by atoms with Crippen molar-refractivity contribution in [1.82, 2.24) is 0 Å². The summed E-state index contributed by atoms with van der Waals surface area (Å²) in [4.78, 5) is 0. The predicted molar refractivity (Wildman–Crippen MR) is 65.7 cm³/mol. The number of benzene rings is 2. The van der Waals surface area contributed by atoms with Crippen LogP contribution in [0, 0.1) is 18.3 Å². The molecule has 0 aliphatic heterocycles. The van der Waals surface area contributed by atoms with Gasteiger partial charge in [-0.3, -0.25) is 0 Å². The van der Waals surface area contributed by atoms with E-state index in [0.717, 1.165) is 11.1 Å². The van der Waals surface area contributed by atoms with Gasteiger partial charge >= 0.3 is 0 Å². The quantitative estimate of drug-likeness (QED) is 0.732. The lowest BCUT2D eigenvalue weighted by Gasteiger charge is -2.07. The number of hydrogen-bond acceptors (Lipinski definition) is 2.